The zero-order valence-electron chi connectivity index (χ0n) is 15.4. The second-order valence-corrected chi connectivity index (χ2v) is 7.54. The van der Waals surface area contributed by atoms with Gasteiger partial charge in [-0.3, -0.25) is 9.59 Å². The molecule has 0 saturated heterocycles. The maximum Gasteiger partial charge on any atom is 0.262 e. The summed E-state index contributed by atoms with van der Waals surface area (Å²) in [4.78, 5) is 23.7. The highest BCUT2D eigenvalue weighted by molar-refractivity contribution is 5.96. The number of ether oxygens (including phenoxy) is 2. The molecule has 0 unspecified atom stereocenters. The predicted molar refractivity (Wildman–Crippen MR) is 102 cm³/mol. The van der Waals surface area contributed by atoms with Gasteiger partial charge in [0.2, 0.25) is 5.91 Å². The Morgan fingerprint density at radius 1 is 1.22 bits per heavy atom. The number of amides is 2. The molecule has 0 atom stereocenters. The Hall–Kier alpha value is -3.02. The summed E-state index contributed by atoms with van der Waals surface area (Å²) < 4.78 is 11.7. The maximum atomic E-state index is 12.3. The topological polar surface area (TPSA) is 76.7 Å². The lowest BCUT2D eigenvalue weighted by Gasteiger charge is -2.18. The minimum absolute atomic E-state index is 0.0217. The summed E-state index contributed by atoms with van der Waals surface area (Å²) in [5.74, 6) is 1.08. The lowest BCUT2D eigenvalue weighted by molar-refractivity contribution is -0.118. The monoisotopic (exact) mass is 366 g/mol. The quantitative estimate of drug-likeness (QED) is 0.870. The largest absolute Gasteiger partial charge is 0.483 e. The summed E-state index contributed by atoms with van der Waals surface area (Å²) in [6, 6.07) is 11.2. The van der Waals surface area contributed by atoms with Gasteiger partial charge in [0.15, 0.2) is 18.1 Å². The summed E-state index contributed by atoms with van der Waals surface area (Å²) in [6.07, 6.45) is 1.95. The van der Waals surface area contributed by atoms with Crippen molar-refractivity contribution in [3.05, 3.63) is 47.5 Å². The number of benzene rings is 2. The first-order valence-electron chi connectivity index (χ1n) is 9.06. The van der Waals surface area contributed by atoms with E-state index in [0.717, 1.165) is 29.0 Å². The number of fused-ring (bicyclic) bond motifs is 2. The van der Waals surface area contributed by atoms with E-state index in [1.807, 2.05) is 44.2 Å². The Morgan fingerprint density at radius 3 is 2.93 bits per heavy atom. The smallest absolute Gasteiger partial charge is 0.262 e. The first-order valence-corrected chi connectivity index (χ1v) is 9.06. The molecule has 0 bridgehead atoms. The molecule has 27 heavy (non-hydrogen) atoms. The van der Waals surface area contributed by atoms with Crippen molar-refractivity contribution in [2.45, 2.75) is 38.7 Å². The van der Waals surface area contributed by atoms with Gasteiger partial charge in [-0.1, -0.05) is 12.1 Å². The highest BCUT2D eigenvalue weighted by atomic mass is 16.5. The van der Waals surface area contributed by atoms with Gasteiger partial charge in [-0.2, -0.15) is 0 Å². The van der Waals surface area contributed by atoms with E-state index in [2.05, 4.69) is 10.6 Å². The van der Waals surface area contributed by atoms with Crippen LogP contribution in [0, 0.1) is 0 Å². The van der Waals surface area contributed by atoms with Gasteiger partial charge in [0, 0.05) is 29.8 Å². The third kappa shape index (κ3) is 3.74. The standard InChI is InChI=1S/C21H22N2O4/c1-21(2)11-14-4-3-5-17(20(14)27-21)26-12-19(25)22-15-7-8-16-13(10-15)6-9-18(24)23-16/h3-5,7-8,10H,6,9,11-12H2,1-2H3,(H,22,25)(H,23,24). The second-order valence-electron chi connectivity index (χ2n) is 7.54. The Kier molecular flexibility index (Phi) is 4.26. The molecule has 2 aromatic carbocycles. The molecule has 6 heteroatoms. The van der Waals surface area contributed by atoms with Gasteiger partial charge >= 0.3 is 0 Å². The fraction of sp³-hybridized carbons (Fsp3) is 0.333. The number of anilines is 2. The molecule has 6 nitrogen and oxygen atoms in total. The molecule has 2 amide bonds. The van der Waals surface area contributed by atoms with Crippen LogP contribution in [0.3, 0.4) is 0 Å². The summed E-state index contributed by atoms with van der Waals surface area (Å²) in [5, 5.41) is 5.67. The van der Waals surface area contributed by atoms with Crippen LogP contribution < -0.4 is 20.1 Å². The zero-order valence-corrected chi connectivity index (χ0v) is 15.4. The number of hydrogen-bond donors (Lipinski definition) is 2. The molecule has 0 aliphatic carbocycles. The average molecular weight is 366 g/mol. The molecule has 4 rings (SSSR count). The number of carbonyl (C=O) groups is 2. The fourth-order valence-electron chi connectivity index (χ4n) is 3.50. The molecule has 140 valence electrons. The third-order valence-electron chi connectivity index (χ3n) is 4.70. The van der Waals surface area contributed by atoms with Gasteiger partial charge in [-0.05, 0) is 50.1 Å². The van der Waals surface area contributed by atoms with E-state index in [0.29, 0.717) is 24.3 Å². The molecule has 0 aromatic heterocycles. The molecule has 2 aromatic rings. The summed E-state index contributed by atoms with van der Waals surface area (Å²) in [5.41, 5.74) is 3.34. The zero-order chi connectivity index (χ0) is 19.0. The summed E-state index contributed by atoms with van der Waals surface area (Å²) in [7, 11) is 0. The van der Waals surface area contributed by atoms with Gasteiger partial charge in [0.25, 0.3) is 5.91 Å². The van der Waals surface area contributed by atoms with E-state index >= 15 is 0 Å². The number of nitrogens with one attached hydrogen (secondary N) is 2. The van der Waals surface area contributed by atoms with Gasteiger partial charge in [0.05, 0.1) is 0 Å². The van der Waals surface area contributed by atoms with Crippen LogP contribution >= 0.6 is 0 Å². The van der Waals surface area contributed by atoms with Crippen LogP contribution in [0.4, 0.5) is 11.4 Å². The molecule has 2 N–H and O–H groups in total. The first-order chi connectivity index (χ1) is 12.9. The molecular formula is C21H22N2O4. The Balaban J connectivity index is 1.39. The molecule has 0 saturated carbocycles. The van der Waals surface area contributed by atoms with E-state index in [-0.39, 0.29) is 24.0 Å². The van der Waals surface area contributed by atoms with Crippen LogP contribution in [-0.4, -0.2) is 24.0 Å². The number of hydrogen-bond acceptors (Lipinski definition) is 4. The highest BCUT2D eigenvalue weighted by Gasteiger charge is 2.32. The van der Waals surface area contributed by atoms with Crippen LogP contribution in [0.25, 0.3) is 0 Å². The molecule has 0 radical (unpaired) electrons. The number of aryl methyl sites for hydroxylation is 1. The minimum Gasteiger partial charge on any atom is -0.483 e. The van der Waals surface area contributed by atoms with Gasteiger partial charge in [-0.15, -0.1) is 0 Å². The summed E-state index contributed by atoms with van der Waals surface area (Å²) >= 11 is 0. The molecule has 2 aliphatic heterocycles. The molecule has 0 fully saturated rings. The number of rotatable bonds is 4. The maximum absolute atomic E-state index is 12.3. The van der Waals surface area contributed by atoms with Crippen molar-refractivity contribution in [2.24, 2.45) is 0 Å². The molecule has 0 spiro atoms. The molecular weight excluding hydrogens is 344 g/mol. The Labute approximate surface area is 157 Å². The lowest BCUT2D eigenvalue weighted by atomic mass is 10.0. The predicted octanol–water partition coefficient (Wildman–Crippen LogP) is 3.30. The number of para-hydroxylation sites is 1. The lowest BCUT2D eigenvalue weighted by Crippen LogP contribution is -2.25. The van der Waals surface area contributed by atoms with Crippen molar-refractivity contribution in [1.82, 2.24) is 0 Å². The van der Waals surface area contributed by atoms with E-state index in [9.17, 15) is 9.59 Å². The average Bonchev–Trinajstić information content (AvgIpc) is 2.94. The Bertz CT molecular complexity index is 920. The number of carbonyl (C=O) groups excluding carboxylic acids is 2. The van der Waals surface area contributed by atoms with E-state index in [4.69, 9.17) is 9.47 Å². The van der Waals surface area contributed by atoms with Crippen molar-refractivity contribution in [3.63, 3.8) is 0 Å². The third-order valence-corrected chi connectivity index (χ3v) is 4.70. The Morgan fingerprint density at radius 2 is 2.07 bits per heavy atom. The summed E-state index contributed by atoms with van der Waals surface area (Å²) in [6.45, 7) is 3.96. The highest BCUT2D eigenvalue weighted by Crippen LogP contribution is 2.41. The van der Waals surface area contributed by atoms with Crippen molar-refractivity contribution in [2.75, 3.05) is 17.2 Å². The van der Waals surface area contributed by atoms with E-state index in [1.54, 1.807) is 6.07 Å². The molecule has 2 heterocycles. The first kappa shape index (κ1) is 17.4. The van der Waals surface area contributed by atoms with Crippen LogP contribution in [0.15, 0.2) is 36.4 Å². The minimum atomic E-state index is -0.261. The van der Waals surface area contributed by atoms with Gasteiger partial charge in [-0.25, -0.2) is 0 Å². The van der Waals surface area contributed by atoms with Crippen molar-refractivity contribution in [1.29, 1.82) is 0 Å². The normalized spacial score (nSPS) is 16.6. The van der Waals surface area contributed by atoms with Crippen molar-refractivity contribution in [3.8, 4) is 11.5 Å². The van der Waals surface area contributed by atoms with Crippen LogP contribution in [0.1, 0.15) is 31.4 Å². The SMILES string of the molecule is CC1(C)Cc2cccc(OCC(=O)Nc3ccc4c(c3)CCC(=O)N4)c2O1. The van der Waals surface area contributed by atoms with Gasteiger partial charge in [0.1, 0.15) is 5.60 Å². The van der Waals surface area contributed by atoms with Crippen LogP contribution in [-0.2, 0) is 22.4 Å². The second kappa shape index (κ2) is 6.61. The fourth-order valence-corrected chi connectivity index (χ4v) is 3.50. The molecule has 2 aliphatic rings. The van der Waals surface area contributed by atoms with Crippen LogP contribution in [0.5, 0.6) is 11.5 Å². The van der Waals surface area contributed by atoms with Crippen molar-refractivity contribution >= 4 is 23.2 Å². The van der Waals surface area contributed by atoms with Crippen molar-refractivity contribution < 1.29 is 19.1 Å². The van der Waals surface area contributed by atoms with E-state index < -0.39 is 0 Å². The van der Waals surface area contributed by atoms with Gasteiger partial charge < -0.3 is 20.1 Å². The van der Waals surface area contributed by atoms with Crippen LogP contribution in [0.2, 0.25) is 0 Å². The van der Waals surface area contributed by atoms with E-state index in [1.165, 1.54) is 0 Å².